The predicted molar refractivity (Wildman–Crippen MR) is 175 cm³/mol. The minimum atomic E-state index is -1.42. The van der Waals surface area contributed by atoms with Gasteiger partial charge in [0.05, 0.1) is 36.4 Å². The molecule has 1 heterocycles. The quantitative estimate of drug-likeness (QED) is 0.0779. The lowest BCUT2D eigenvalue weighted by molar-refractivity contribution is -0.154. The SMILES string of the molecule is C=C1OC(=O)C(C(O)CC(=O)O[C@H](C)[C@@H](C)C(O)CC(=O)[C@@H](C)C(O)CCC(C)C[C@@H](C)CC(O)/C=C(/C=C/C(C)=O)CC)=C1C. The fourth-order valence-electron chi connectivity index (χ4n) is 5.51. The van der Waals surface area contributed by atoms with Crippen LogP contribution in [0, 0.1) is 23.7 Å². The number of Topliss-reactive ketones (excluding diaryl/α,β-unsaturated/α-hetero) is 1. The van der Waals surface area contributed by atoms with Crippen LogP contribution in [0.15, 0.2) is 47.3 Å². The van der Waals surface area contributed by atoms with E-state index in [0.29, 0.717) is 31.3 Å². The number of aliphatic hydroxyl groups is 4. The summed E-state index contributed by atoms with van der Waals surface area (Å²) in [7, 11) is 0. The molecule has 4 N–H and O–H groups in total. The van der Waals surface area contributed by atoms with Gasteiger partial charge in [0.25, 0.3) is 0 Å². The number of rotatable bonds is 21. The lowest BCUT2D eigenvalue weighted by Gasteiger charge is -2.27. The number of aliphatic hydroxyl groups excluding tert-OH is 4. The predicted octanol–water partition coefficient (Wildman–Crippen LogP) is 4.68. The van der Waals surface area contributed by atoms with Gasteiger partial charge in [0.15, 0.2) is 5.78 Å². The molecule has 0 spiro atoms. The molecule has 0 aliphatic carbocycles. The number of carbonyl (C=O) groups excluding carboxylic acids is 4. The van der Waals surface area contributed by atoms with Crippen molar-refractivity contribution in [2.24, 2.45) is 23.7 Å². The molecule has 0 bridgehead atoms. The summed E-state index contributed by atoms with van der Waals surface area (Å²) < 4.78 is 10.2. The Hall–Kier alpha value is -2.92. The molecular formula is C36H56O10. The number of allylic oxidation sites excluding steroid dienone is 4. The Bertz CT molecular complexity index is 1170. The van der Waals surface area contributed by atoms with Crippen molar-refractivity contribution in [3.63, 3.8) is 0 Å². The van der Waals surface area contributed by atoms with Gasteiger partial charge >= 0.3 is 11.9 Å². The molecule has 46 heavy (non-hydrogen) atoms. The molecular weight excluding hydrogens is 592 g/mol. The van der Waals surface area contributed by atoms with Crippen LogP contribution in [0.4, 0.5) is 0 Å². The van der Waals surface area contributed by atoms with E-state index in [1.165, 1.54) is 13.0 Å². The van der Waals surface area contributed by atoms with Gasteiger partial charge in [-0.05, 0) is 76.4 Å². The third kappa shape index (κ3) is 13.8. The maximum Gasteiger partial charge on any atom is 0.342 e. The molecule has 0 fully saturated rings. The summed E-state index contributed by atoms with van der Waals surface area (Å²) in [5, 5.41) is 42.3. The van der Waals surface area contributed by atoms with E-state index in [-0.39, 0.29) is 41.2 Å². The van der Waals surface area contributed by atoms with Crippen molar-refractivity contribution < 1.29 is 49.1 Å². The molecule has 0 aromatic heterocycles. The Morgan fingerprint density at radius 3 is 2.09 bits per heavy atom. The van der Waals surface area contributed by atoms with Crippen LogP contribution in [-0.4, -0.2) is 74.5 Å². The zero-order valence-corrected chi connectivity index (χ0v) is 28.8. The highest BCUT2D eigenvalue weighted by Crippen LogP contribution is 2.29. The van der Waals surface area contributed by atoms with Gasteiger partial charge in [-0.15, -0.1) is 0 Å². The van der Waals surface area contributed by atoms with Crippen molar-refractivity contribution in [3.8, 4) is 0 Å². The average Bonchev–Trinajstić information content (AvgIpc) is 3.22. The highest BCUT2D eigenvalue weighted by Gasteiger charge is 2.34. The van der Waals surface area contributed by atoms with Crippen LogP contribution < -0.4 is 0 Å². The number of esters is 2. The van der Waals surface area contributed by atoms with E-state index < -0.39 is 60.7 Å². The fourth-order valence-corrected chi connectivity index (χ4v) is 5.51. The first-order valence-corrected chi connectivity index (χ1v) is 16.3. The monoisotopic (exact) mass is 648 g/mol. The first-order chi connectivity index (χ1) is 21.4. The minimum absolute atomic E-state index is 0.0430. The van der Waals surface area contributed by atoms with Gasteiger partial charge in [0, 0.05) is 23.8 Å². The van der Waals surface area contributed by atoms with E-state index in [9.17, 15) is 39.6 Å². The summed E-state index contributed by atoms with van der Waals surface area (Å²) in [5.74, 6) is -2.59. The summed E-state index contributed by atoms with van der Waals surface area (Å²) in [6.45, 7) is 17.6. The van der Waals surface area contributed by atoms with Crippen LogP contribution in [0.1, 0.15) is 100 Å². The smallest absolute Gasteiger partial charge is 0.342 e. The Morgan fingerprint density at radius 1 is 0.913 bits per heavy atom. The molecule has 0 saturated carbocycles. The van der Waals surface area contributed by atoms with Gasteiger partial charge in [-0.25, -0.2) is 4.79 Å². The third-order valence-corrected chi connectivity index (χ3v) is 8.86. The van der Waals surface area contributed by atoms with Gasteiger partial charge in [-0.1, -0.05) is 53.3 Å². The largest absolute Gasteiger partial charge is 0.462 e. The van der Waals surface area contributed by atoms with E-state index in [2.05, 4.69) is 20.4 Å². The number of ketones is 2. The summed E-state index contributed by atoms with van der Waals surface area (Å²) in [4.78, 5) is 48.4. The maximum absolute atomic E-state index is 12.9. The number of cyclic esters (lactones) is 1. The van der Waals surface area contributed by atoms with Crippen molar-refractivity contribution in [1.82, 2.24) is 0 Å². The first kappa shape index (κ1) is 41.1. The van der Waals surface area contributed by atoms with Crippen molar-refractivity contribution >= 4 is 23.5 Å². The summed E-state index contributed by atoms with van der Waals surface area (Å²) >= 11 is 0. The molecule has 9 atom stereocenters. The second kappa shape index (κ2) is 19.7. The summed E-state index contributed by atoms with van der Waals surface area (Å²) in [5.41, 5.74) is 1.23. The molecule has 0 aromatic carbocycles. The fraction of sp³-hybridized carbons (Fsp3) is 0.667. The first-order valence-electron chi connectivity index (χ1n) is 16.3. The minimum Gasteiger partial charge on any atom is -0.462 e. The van der Waals surface area contributed by atoms with Crippen molar-refractivity contribution in [1.29, 1.82) is 0 Å². The van der Waals surface area contributed by atoms with Gasteiger partial charge in [0.2, 0.25) is 0 Å². The molecule has 260 valence electrons. The Labute approximate surface area is 274 Å². The second-order valence-electron chi connectivity index (χ2n) is 13.1. The van der Waals surface area contributed by atoms with Gasteiger partial charge < -0.3 is 29.9 Å². The van der Waals surface area contributed by atoms with Crippen LogP contribution in [0.3, 0.4) is 0 Å². The Morgan fingerprint density at radius 2 is 1.54 bits per heavy atom. The number of carbonyl (C=O) groups is 4. The zero-order valence-electron chi connectivity index (χ0n) is 28.8. The molecule has 0 saturated heterocycles. The molecule has 0 radical (unpaired) electrons. The lowest BCUT2D eigenvalue weighted by Crippen LogP contribution is -2.36. The van der Waals surface area contributed by atoms with Crippen LogP contribution in [0.2, 0.25) is 0 Å². The topological polar surface area (TPSA) is 168 Å². The van der Waals surface area contributed by atoms with Crippen LogP contribution in [0.25, 0.3) is 0 Å². The van der Waals surface area contributed by atoms with E-state index in [1.54, 1.807) is 39.8 Å². The number of hydrogen-bond acceptors (Lipinski definition) is 10. The molecule has 10 heteroatoms. The van der Waals surface area contributed by atoms with Gasteiger partial charge in [0.1, 0.15) is 17.6 Å². The number of hydrogen-bond donors (Lipinski definition) is 4. The standard InChI is InChI=1S/C36H56O10/c1-10-28(13-12-22(4)37)17-29(38)16-21(3)15-20(2)11-14-30(39)25(7)32(41)18-31(40)23(5)26(8)45-34(43)19-33(42)35-24(6)27(9)46-36(35)44/h12-13,17,20-21,23,25-26,29-31,33,38-40,42H,9-11,14-16,18-19H2,1-8H3/b13-12+,28-17+/t20?,21-,23-,25+,26-,29?,30?,31?,33?/m1/s1. The second-order valence-corrected chi connectivity index (χ2v) is 13.1. The molecule has 0 aromatic rings. The number of ether oxygens (including phenoxy) is 2. The van der Waals surface area contributed by atoms with E-state index in [1.807, 2.05) is 6.92 Å². The third-order valence-electron chi connectivity index (χ3n) is 8.86. The molecule has 10 nitrogen and oxygen atoms in total. The van der Waals surface area contributed by atoms with E-state index in [0.717, 1.165) is 12.0 Å². The molecule has 1 rings (SSSR count). The van der Waals surface area contributed by atoms with Crippen molar-refractivity contribution in [2.45, 2.75) is 131 Å². The van der Waals surface area contributed by atoms with Crippen LogP contribution in [-0.2, 0) is 28.7 Å². The zero-order chi connectivity index (χ0) is 35.3. The van der Waals surface area contributed by atoms with Gasteiger partial charge in [-0.2, -0.15) is 0 Å². The normalized spacial score (nSPS) is 20.0. The average molecular weight is 649 g/mol. The van der Waals surface area contributed by atoms with Crippen molar-refractivity contribution in [3.05, 3.63) is 47.3 Å². The highest BCUT2D eigenvalue weighted by atomic mass is 16.5. The van der Waals surface area contributed by atoms with E-state index >= 15 is 0 Å². The Balaban J connectivity index is 2.52. The Kier molecular flexibility index (Phi) is 17.6. The lowest BCUT2D eigenvalue weighted by atomic mass is 9.85. The van der Waals surface area contributed by atoms with Gasteiger partial charge in [-0.3, -0.25) is 14.4 Å². The molecule has 1 aliphatic heterocycles. The molecule has 0 amide bonds. The maximum atomic E-state index is 12.9. The highest BCUT2D eigenvalue weighted by molar-refractivity contribution is 5.96. The summed E-state index contributed by atoms with van der Waals surface area (Å²) in [6, 6.07) is 0. The van der Waals surface area contributed by atoms with Crippen LogP contribution >= 0.6 is 0 Å². The van der Waals surface area contributed by atoms with Crippen molar-refractivity contribution in [2.75, 3.05) is 0 Å². The molecule has 5 unspecified atom stereocenters. The summed E-state index contributed by atoms with van der Waals surface area (Å²) in [6.07, 6.45) is 2.71. The van der Waals surface area contributed by atoms with E-state index in [4.69, 9.17) is 9.47 Å². The van der Waals surface area contributed by atoms with Crippen LogP contribution in [0.5, 0.6) is 0 Å². The molecule has 1 aliphatic rings.